The Bertz CT molecular complexity index is 1140. The van der Waals surface area contributed by atoms with Gasteiger partial charge in [-0.1, -0.05) is 29.8 Å². The zero-order valence-electron chi connectivity index (χ0n) is 15.9. The topological polar surface area (TPSA) is 58.4 Å². The summed E-state index contributed by atoms with van der Waals surface area (Å²) in [7, 11) is 1.64. The van der Waals surface area contributed by atoms with Crippen LogP contribution in [0.2, 0.25) is 5.02 Å². The van der Waals surface area contributed by atoms with Crippen molar-refractivity contribution in [3.8, 4) is 0 Å². The van der Waals surface area contributed by atoms with E-state index < -0.39 is 17.2 Å². The van der Waals surface area contributed by atoms with Gasteiger partial charge < -0.3 is 4.90 Å². The second kappa shape index (κ2) is 7.93. The van der Waals surface area contributed by atoms with Crippen molar-refractivity contribution in [2.24, 2.45) is 7.05 Å². The van der Waals surface area contributed by atoms with Gasteiger partial charge >= 0.3 is 0 Å². The number of carbonyl (C=O) groups is 1. The molecule has 29 heavy (non-hydrogen) atoms. The van der Waals surface area contributed by atoms with Crippen molar-refractivity contribution in [3.63, 3.8) is 0 Å². The molecule has 0 atom stereocenters. The zero-order chi connectivity index (χ0) is 20.5. The van der Waals surface area contributed by atoms with Crippen LogP contribution in [0.1, 0.15) is 16.1 Å². The minimum atomic E-state index is -0.541. The number of nitrogens with zero attached hydrogens (tertiary/aromatic N) is 4. The van der Waals surface area contributed by atoms with Crippen LogP contribution in [0, 0.1) is 5.82 Å². The first-order valence-corrected chi connectivity index (χ1v) is 9.73. The fourth-order valence-electron chi connectivity index (χ4n) is 3.62. The molecule has 1 amide bonds. The molecule has 2 aromatic carbocycles. The lowest BCUT2D eigenvalue weighted by molar-refractivity contribution is 0.0619. The Morgan fingerprint density at radius 1 is 1.14 bits per heavy atom. The van der Waals surface area contributed by atoms with E-state index in [9.17, 15) is 14.0 Å². The minimum absolute atomic E-state index is 0.156. The molecule has 0 radical (unpaired) electrons. The second-order valence-corrected chi connectivity index (χ2v) is 7.53. The Balaban J connectivity index is 1.51. The average molecular weight is 415 g/mol. The molecule has 0 saturated carbocycles. The summed E-state index contributed by atoms with van der Waals surface area (Å²) in [5.41, 5.74) is 0.810. The Morgan fingerprint density at radius 2 is 1.86 bits per heavy atom. The SMILES string of the molecule is Cn1nc(C(=O)N2CCN(Cc3ccccc3Cl)CC2)c(=O)c2cc(F)ccc21. The van der Waals surface area contributed by atoms with Crippen LogP contribution in [-0.4, -0.2) is 51.7 Å². The number of hydrogen-bond acceptors (Lipinski definition) is 4. The standard InChI is InChI=1S/C21H20ClFN4O2/c1-25-18-7-6-15(23)12-16(18)20(28)19(24-25)21(29)27-10-8-26(9-11-27)13-14-4-2-3-5-17(14)22/h2-7,12H,8-11,13H2,1H3. The van der Waals surface area contributed by atoms with Gasteiger partial charge in [-0.25, -0.2) is 4.39 Å². The summed E-state index contributed by atoms with van der Waals surface area (Å²) < 4.78 is 15.0. The predicted octanol–water partition coefficient (Wildman–Crippen LogP) is 2.68. The second-order valence-electron chi connectivity index (χ2n) is 7.12. The van der Waals surface area contributed by atoms with E-state index in [2.05, 4.69) is 10.00 Å². The molecule has 6 nitrogen and oxygen atoms in total. The monoisotopic (exact) mass is 414 g/mol. The number of halogens is 2. The lowest BCUT2D eigenvalue weighted by Crippen LogP contribution is -2.49. The number of carbonyl (C=O) groups excluding carboxylic acids is 1. The number of hydrogen-bond donors (Lipinski definition) is 0. The molecule has 1 fully saturated rings. The van der Waals surface area contributed by atoms with Gasteiger partial charge in [-0.05, 0) is 29.8 Å². The molecule has 0 N–H and O–H groups in total. The molecule has 4 rings (SSSR count). The van der Waals surface area contributed by atoms with Gasteiger partial charge in [0.1, 0.15) is 5.82 Å². The number of benzene rings is 2. The Kier molecular flexibility index (Phi) is 5.34. The predicted molar refractivity (Wildman–Crippen MR) is 110 cm³/mol. The lowest BCUT2D eigenvalue weighted by Gasteiger charge is -2.34. The van der Waals surface area contributed by atoms with E-state index in [1.807, 2.05) is 24.3 Å². The van der Waals surface area contributed by atoms with E-state index in [0.717, 1.165) is 16.7 Å². The summed E-state index contributed by atoms with van der Waals surface area (Å²) in [6, 6.07) is 11.6. The fraction of sp³-hybridized carbons (Fsp3) is 0.286. The molecule has 8 heteroatoms. The van der Waals surface area contributed by atoms with Gasteiger partial charge in [-0.3, -0.25) is 19.2 Å². The van der Waals surface area contributed by atoms with E-state index in [1.54, 1.807) is 11.9 Å². The highest BCUT2D eigenvalue weighted by Crippen LogP contribution is 2.18. The van der Waals surface area contributed by atoms with Crippen molar-refractivity contribution in [3.05, 3.63) is 74.8 Å². The molecule has 0 spiro atoms. The van der Waals surface area contributed by atoms with E-state index in [1.165, 1.54) is 16.8 Å². The van der Waals surface area contributed by atoms with Crippen molar-refractivity contribution >= 4 is 28.4 Å². The third kappa shape index (κ3) is 3.88. The molecule has 0 aliphatic carbocycles. The van der Waals surface area contributed by atoms with Crippen LogP contribution >= 0.6 is 11.6 Å². The third-order valence-corrected chi connectivity index (χ3v) is 5.60. The maximum atomic E-state index is 13.6. The number of aryl methyl sites for hydroxylation is 1. The number of piperazine rings is 1. The molecule has 0 unspecified atom stereocenters. The lowest BCUT2D eigenvalue weighted by atomic mass is 10.1. The summed E-state index contributed by atoms with van der Waals surface area (Å²) in [5, 5.41) is 5.04. The van der Waals surface area contributed by atoms with Gasteiger partial charge in [0.25, 0.3) is 5.91 Å². The van der Waals surface area contributed by atoms with Crippen LogP contribution in [0.25, 0.3) is 10.9 Å². The smallest absolute Gasteiger partial charge is 0.278 e. The minimum Gasteiger partial charge on any atom is -0.335 e. The first-order chi connectivity index (χ1) is 13.9. The maximum absolute atomic E-state index is 13.6. The summed E-state index contributed by atoms with van der Waals surface area (Å²) in [5.74, 6) is -0.943. The average Bonchev–Trinajstić information content (AvgIpc) is 2.72. The largest absolute Gasteiger partial charge is 0.335 e. The van der Waals surface area contributed by atoms with Gasteiger partial charge in [0.15, 0.2) is 5.69 Å². The van der Waals surface area contributed by atoms with Gasteiger partial charge in [-0.2, -0.15) is 5.10 Å². The quantitative estimate of drug-likeness (QED) is 0.661. The third-order valence-electron chi connectivity index (χ3n) is 5.23. The summed E-state index contributed by atoms with van der Waals surface area (Å²) in [4.78, 5) is 29.5. The van der Waals surface area contributed by atoms with Crippen molar-refractivity contribution in [2.75, 3.05) is 26.2 Å². The van der Waals surface area contributed by atoms with E-state index >= 15 is 0 Å². The molecular weight excluding hydrogens is 395 g/mol. The van der Waals surface area contributed by atoms with Gasteiger partial charge in [0, 0.05) is 44.8 Å². The molecule has 3 aromatic rings. The molecule has 1 aliphatic rings. The normalized spacial score (nSPS) is 15.1. The Hall–Kier alpha value is -2.77. The fourth-order valence-corrected chi connectivity index (χ4v) is 3.81. The highest BCUT2D eigenvalue weighted by atomic mass is 35.5. The first-order valence-electron chi connectivity index (χ1n) is 9.35. The molecule has 1 aliphatic heterocycles. The number of amides is 1. The molecule has 1 saturated heterocycles. The summed E-state index contributed by atoms with van der Waals surface area (Å²) in [6.07, 6.45) is 0. The molecule has 150 valence electrons. The van der Waals surface area contributed by atoms with Crippen molar-refractivity contribution in [1.82, 2.24) is 19.6 Å². The first kappa shape index (κ1) is 19.5. The van der Waals surface area contributed by atoms with Crippen LogP contribution < -0.4 is 5.43 Å². The van der Waals surface area contributed by atoms with Crippen LogP contribution in [0.3, 0.4) is 0 Å². The number of aromatic nitrogens is 2. The summed E-state index contributed by atoms with van der Waals surface area (Å²) >= 11 is 6.23. The van der Waals surface area contributed by atoms with Crippen LogP contribution in [0.5, 0.6) is 0 Å². The van der Waals surface area contributed by atoms with E-state index in [0.29, 0.717) is 38.2 Å². The van der Waals surface area contributed by atoms with Crippen molar-refractivity contribution in [1.29, 1.82) is 0 Å². The van der Waals surface area contributed by atoms with Crippen LogP contribution in [0.4, 0.5) is 4.39 Å². The van der Waals surface area contributed by atoms with E-state index in [4.69, 9.17) is 11.6 Å². The van der Waals surface area contributed by atoms with Gasteiger partial charge in [0.2, 0.25) is 5.43 Å². The number of fused-ring (bicyclic) bond motifs is 1. The van der Waals surface area contributed by atoms with Crippen LogP contribution in [-0.2, 0) is 13.6 Å². The number of rotatable bonds is 3. The molecule has 0 bridgehead atoms. The summed E-state index contributed by atoms with van der Waals surface area (Å²) in [6.45, 7) is 3.00. The highest BCUT2D eigenvalue weighted by Gasteiger charge is 2.26. The molecular formula is C21H20ClFN4O2. The van der Waals surface area contributed by atoms with Crippen LogP contribution in [0.15, 0.2) is 47.3 Å². The van der Waals surface area contributed by atoms with Gasteiger partial charge in [-0.15, -0.1) is 0 Å². The van der Waals surface area contributed by atoms with E-state index in [-0.39, 0.29) is 11.1 Å². The molecule has 1 aromatic heterocycles. The van der Waals surface area contributed by atoms with Gasteiger partial charge in [0.05, 0.1) is 10.9 Å². The Labute approximate surface area is 172 Å². The van der Waals surface area contributed by atoms with Crippen molar-refractivity contribution < 1.29 is 9.18 Å². The Morgan fingerprint density at radius 3 is 2.59 bits per heavy atom. The zero-order valence-corrected chi connectivity index (χ0v) is 16.7. The highest BCUT2D eigenvalue weighted by molar-refractivity contribution is 6.31. The van der Waals surface area contributed by atoms with Crippen molar-refractivity contribution in [2.45, 2.75) is 6.54 Å². The molecule has 2 heterocycles. The maximum Gasteiger partial charge on any atom is 0.278 e.